The van der Waals surface area contributed by atoms with Gasteiger partial charge in [0, 0.05) is 11.5 Å². The molecule has 1 aliphatic heterocycles. The Morgan fingerprint density at radius 3 is 2.85 bits per heavy atom. The molecule has 0 bridgehead atoms. The summed E-state index contributed by atoms with van der Waals surface area (Å²) in [5.74, 6) is 0.304. The molecule has 1 amide bonds. The summed E-state index contributed by atoms with van der Waals surface area (Å²) in [5.41, 5.74) is 2.63. The Kier molecular flexibility index (Phi) is 4.78. The second-order valence-electron chi connectivity index (χ2n) is 8.17. The third kappa shape index (κ3) is 3.17. The Labute approximate surface area is 159 Å². The van der Waals surface area contributed by atoms with Crippen molar-refractivity contribution in [2.75, 3.05) is 13.1 Å². The van der Waals surface area contributed by atoms with Gasteiger partial charge in [0.25, 0.3) is 5.91 Å². The van der Waals surface area contributed by atoms with Crippen LogP contribution in [0.1, 0.15) is 60.1 Å². The van der Waals surface area contributed by atoms with E-state index in [1.807, 2.05) is 18.2 Å². The van der Waals surface area contributed by atoms with E-state index in [-0.39, 0.29) is 17.1 Å². The third-order valence-electron chi connectivity index (χ3n) is 5.90. The minimum Gasteiger partial charge on any atom is -0.390 e. The zero-order valence-electron chi connectivity index (χ0n) is 15.9. The Bertz CT molecular complexity index is 824. The number of amides is 1. The summed E-state index contributed by atoms with van der Waals surface area (Å²) < 4.78 is 5.24. The van der Waals surface area contributed by atoms with Crippen LogP contribution >= 0.6 is 0 Å². The van der Waals surface area contributed by atoms with Crippen LogP contribution in [-0.4, -0.2) is 35.4 Å². The van der Waals surface area contributed by atoms with Crippen LogP contribution in [0.4, 0.5) is 0 Å². The summed E-state index contributed by atoms with van der Waals surface area (Å²) in [6, 6.07) is 9.32. The molecule has 2 atom stereocenters. The second-order valence-corrected chi connectivity index (χ2v) is 8.17. The Morgan fingerprint density at radius 1 is 1.37 bits per heavy atom. The highest BCUT2D eigenvalue weighted by Crippen LogP contribution is 2.50. The highest BCUT2D eigenvalue weighted by molar-refractivity contribution is 5.92. The number of piperidine rings is 1. The molecule has 2 aliphatic rings. The molecule has 1 fully saturated rings. The maximum absolute atomic E-state index is 12.8. The third-order valence-corrected chi connectivity index (χ3v) is 5.90. The molecule has 27 heavy (non-hydrogen) atoms. The van der Waals surface area contributed by atoms with Crippen LogP contribution in [0, 0.1) is 5.92 Å². The van der Waals surface area contributed by atoms with E-state index in [1.165, 1.54) is 0 Å². The van der Waals surface area contributed by atoms with E-state index in [2.05, 4.69) is 35.7 Å². The molecule has 4 rings (SSSR count). The van der Waals surface area contributed by atoms with Crippen LogP contribution in [0.3, 0.4) is 0 Å². The lowest BCUT2D eigenvalue weighted by molar-refractivity contribution is 0.0410. The summed E-state index contributed by atoms with van der Waals surface area (Å²) in [5, 5.41) is 21.6. The first-order chi connectivity index (χ1) is 13.0. The van der Waals surface area contributed by atoms with E-state index < -0.39 is 12.1 Å². The molecule has 6 nitrogen and oxygen atoms in total. The number of fused-ring (bicyclic) bond motifs is 2. The number of nitrogens with one attached hydrogen (secondary N) is 2. The fourth-order valence-electron chi connectivity index (χ4n) is 4.61. The minimum absolute atomic E-state index is 0.196. The van der Waals surface area contributed by atoms with Crippen molar-refractivity contribution in [2.24, 2.45) is 5.92 Å². The number of benzene rings is 1. The molecule has 1 aromatic carbocycles. The smallest absolute Gasteiger partial charge is 0.290 e. The van der Waals surface area contributed by atoms with Crippen molar-refractivity contribution in [1.29, 1.82) is 0 Å². The number of aliphatic hydroxyl groups is 1. The molecule has 3 N–H and O–H groups in total. The van der Waals surface area contributed by atoms with Crippen LogP contribution in [0.5, 0.6) is 0 Å². The van der Waals surface area contributed by atoms with E-state index >= 15 is 0 Å². The number of nitrogens with zero attached hydrogens (tertiary/aromatic N) is 1. The van der Waals surface area contributed by atoms with Crippen molar-refractivity contribution < 1.29 is 14.4 Å². The van der Waals surface area contributed by atoms with Crippen molar-refractivity contribution in [3.05, 3.63) is 52.9 Å². The SMILES string of the molecule is CC(C)Cc1cc(C(=O)N[C@@H]2c3ccccc3C3(CCNCC3)[C@H]2O)on1. The molecule has 1 spiro atoms. The van der Waals surface area contributed by atoms with Crippen molar-refractivity contribution >= 4 is 5.91 Å². The van der Waals surface area contributed by atoms with Crippen LogP contribution < -0.4 is 10.6 Å². The van der Waals surface area contributed by atoms with Gasteiger partial charge in [-0.25, -0.2) is 0 Å². The monoisotopic (exact) mass is 369 g/mol. The standard InChI is InChI=1S/C21H27N3O3/c1-13(2)11-14-12-17(27-24-14)20(26)23-18-15-5-3-4-6-16(15)21(19(18)25)7-9-22-10-8-21/h3-6,12-13,18-19,22,25H,7-11H2,1-2H3,(H,23,26)/t18-,19+/m1/s1. The Hall–Kier alpha value is -2.18. The first kappa shape index (κ1) is 18.2. The van der Waals surface area contributed by atoms with Gasteiger partial charge in [-0.1, -0.05) is 43.3 Å². The number of carbonyl (C=O) groups is 1. The maximum Gasteiger partial charge on any atom is 0.290 e. The van der Waals surface area contributed by atoms with Crippen molar-refractivity contribution in [1.82, 2.24) is 15.8 Å². The molecule has 144 valence electrons. The van der Waals surface area contributed by atoms with E-state index in [9.17, 15) is 9.90 Å². The van der Waals surface area contributed by atoms with Crippen molar-refractivity contribution in [3.8, 4) is 0 Å². The maximum atomic E-state index is 12.8. The molecule has 2 aromatic rings. The molecule has 0 unspecified atom stereocenters. The predicted molar refractivity (Wildman–Crippen MR) is 101 cm³/mol. The van der Waals surface area contributed by atoms with Gasteiger partial charge in [-0.05, 0) is 49.4 Å². The Morgan fingerprint density at radius 2 is 2.11 bits per heavy atom. The summed E-state index contributed by atoms with van der Waals surface area (Å²) in [6.45, 7) is 5.93. The minimum atomic E-state index is -0.654. The lowest BCUT2D eigenvalue weighted by Gasteiger charge is -2.38. The molecular formula is C21H27N3O3. The van der Waals surface area contributed by atoms with Crippen molar-refractivity contribution in [2.45, 2.75) is 50.7 Å². The van der Waals surface area contributed by atoms with Gasteiger partial charge >= 0.3 is 0 Å². The first-order valence-corrected chi connectivity index (χ1v) is 9.76. The zero-order valence-corrected chi connectivity index (χ0v) is 15.9. The lowest BCUT2D eigenvalue weighted by atomic mass is 9.72. The molecule has 2 heterocycles. The summed E-state index contributed by atoms with van der Waals surface area (Å²) >= 11 is 0. The van der Waals surface area contributed by atoms with E-state index in [4.69, 9.17) is 4.52 Å². The highest BCUT2D eigenvalue weighted by atomic mass is 16.5. The molecule has 1 saturated heterocycles. The van der Waals surface area contributed by atoms with E-state index in [1.54, 1.807) is 6.07 Å². The number of hydrogen-bond acceptors (Lipinski definition) is 5. The number of carbonyl (C=O) groups excluding carboxylic acids is 1. The number of rotatable bonds is 4. The van der Waals surface area contributed by atoms with Gasteiger partial charge in [0.2, 0.25) is 5.76 Å². The lowest BCUT2D eigenvalue weighted by Crippen LogP contribution is -2.48. The fourth-order valence-corrected chi connectivity index (χ4v) is 4.61. The fraction of sp³-hybridized carbons (Fsp3) is 0.524. The highest BCUT2D eigenvalue weighted by Gasteiger charge is 2.52. The van der Waals surface area contributed by atoms with Gasteiger partial charge in [-0.3, -0.25) is 4.79 Å². The van der Waals surface area contributed by atoms with Crippen LogP contribution in [0.25, 0.3) is 0 Å². The largest absolute Gasteiger partial charge is 0.390 e. The molecule has 6 heteroatoms. The topological polar surface area (TPSA) is 87.4 Å². The van der Waals surface area contributed by atoms with Gasteiger partial charge in [0.1, 0.15) is 0 Å². The quantitative estimate of drug-likeness (QED) is 0.770. The predicted octanol–water partition coefficient (Wildman–Crippen LogP) is 2.34. The van der Waals surface area contributed by atoms with Gasteiger partial charge < -0.3 is 20.3 Å². The second kappa shape index (κ2) is 7.09. The molecule has 1 aromatic heterocycles. The van der Waals surface area contributed by atoms with Gasteiger partial charge in [-0.2, -0.15) is 0 Å². The van der Waals surface area contributed by atoms with Gasteiger partial charge in [-0.15, -0.1) is 0 Å². The van der Waals surface area contributed by atoms with Crippen LogP contribution in [0.2, 0.25) is 0 Å². The number of aromatic nitrogens is 1. The molecule has 0 saturated carbocycles. The normalized spacial score (nSPS) is 23.6. The number of hydrogen-bond donors (Lipinski definition) is 3. The summed E-state index contributed by atoms with van der Waals surface area (Å²) in [4.78, 5) is 12.8. The average Bonchev–Trinajstić information content (AvgIpc) is 3.21. The van der Waals surface area contributed by atoms with Gasteiger partial charge in [0.05, 0.1) is 17.8 Å². The molecule has 0 radical (unpaired) electrons. The van der Waals surface area contributed by atoms with Crippen LogP contribution in [-0.2, 0) is 11.8 Å². The molecular weight excluding hydrogens is 342 g/mol. The van der Waals surface area contributed by atoms with Crippen molar-refractivity contribution in [3.63, 3.8) is 0 Å². The number of aliphatic hydroxyl groups excluding tert-OH is 1. The molecule has 1 aliphatic carbocycles. The zero-order chi connectivity index (χ0) is 19.0. The average molecular weight is 369 g/mol. The Balaban J connectivity index is 1.58. The first-order valence-electron chi connectivity index (χ1n) is 9.76. The van der Waals surface area contributed by atoms with Gasteiger partial charge in [0.15, 0.2) is 0 Å². The van der Waals surface area contributed by atoms with E-state index in [0.717, 1.165) is 49.2 Å². The van der Waals surface area contributed by atoms with Crippen LogP contribution in [0.15, 0.2) is 34.9 Å². The van der Waals surface area contributed by atoms with E-state index in [0.29, 0.717) is 5.92 Å². The summed E-state index contributed by atoms with van der Waals surface area (Å²) in [6.07, 6.45) is 1.83. The summed E-state index contributed by atoms with van der Waals surface area (Å²) in [7, 11) is 0.